The fraction of sp³-hybridized carbons (Fsp3) is 0.379. The van der Waals surface area contributed by atoms with Crippen molar-refractivity contribution >= 4 is 5.69 Å². The third kappa shape index (κ3) is 4.92. The summed E-state index contributed by atoms with van der Waals surface area (Å²) >= 11 is 0. The Bertz CT molecular complexity index is 1000. The average molecular weight is 442 g/mol. The van der Waals surface area contributed by atoms with E-state index in [0.717, 1.165) is 64.1 Å². The molecule has 172 valence electrons. The lowest BCUT2D eigenvalue weighted by molar-refractivity contribution is 0.160. The highest BCUT2D eigenvalue weighted by atomic mass is 16.3. The zero-order valence-electron chi connectivity index (χ0n) is 19.7. The second-order valence-electron chi connectivity index (χ2n) is 9.57. The molecule has 1 atom stereocenters. The molecule has 1 heterocycles. The first-order valence-electron chi connectivity index (χ1n) is 12.3. The molecule has 0 spiro atoms. The number of phenolic OH excluding ortho intramolecular Hbond substituents is 1. The van der Waals surface area contributed by atoms with E-state index in [1.54, 1.807) is 0 Å². The van der Waals surface area contributed by atoms with Gasteiger partial charge in [-0.25, -0.2) is 0 Å². The molecule has 0 amide bonds. The van der Waals surface area contributed by atoms with Crippen molar-refractivity contribution in [1.29, 1.82) is 0 Å². The molecule has 0 bridgehead atoms. The monoisotopic (exact) mass is 441 g/mol. The molecular formula is C29H35N3O. The van der Waals surface area contributed by atoms with Gasteiger partial charge in [0.05, 0.1) is 0 Å². The first-order chi connectivity index (χ1) is 16.2. The number of likely N-dealkylation sites (N-methyl/N-ethyl adjacent to an activating group) is 1. The molecule has 0 aromatic heterocycles. The van der Waals surface area contributed by atoms with E-state index in [1.165, 1.54) is 22.4 Å². The largest absolute Gasteiger partial charge is 0.508 e. The number of anilines is 1. The molecule has 5 rings (SSSR count). The van der Waals surface area contributed by atoms with Gasteiger partial charge in [0.1, 0.15) is 5.75 Å². The number of benzene rings is 3. The number of aromatic hydroxyl groups is 1. The molecule has 1 fully saturated rings. The Labute approximate surface area is 198 Å². The summed E-state index contributed by atoms with van der Waals surface area (Å²) in [5, 5.41) is 10.9. The zero-order chi connectivity index (χ0) is 22.6. The van der Waals surface area contributed by atoms with Crippen molar-refractivity contribution in [2.75, 3.05) is 38.1 Å². The molecule has 0 radical (unpaired) electrons. The van der Waals surface area contributed by atoms with Crippen LogP contribution in [-0.2, 0) is 19.5 Å². The average Bonchev–Trinajstić information content (AvgIpc) is 2.86. The van der Waals surface area contributed by atoms with Crippen molar-refractivity contribution in [3.8, 4) is 5.75 Å². The zero-order valence-corrected chi connectivity index (χ0v) is 19.7. The second kappa shape index (κ2) is 9.98. The van der Waals surface area contributed by atoms with E-state index < -0.39 is 0 Å². The molecule has 1 aliphatic heterocycles. The van der Waals surface area contributed by atoms with Crippen LogP contribution < -0.4 is 4.90 Å². The Hall–Kier alpha value is -2.82. The summed E-state index contributed by atoms with van der Waals surface area (Å²) < 4.78 is 0. The van der Waals surface area contributed by atoms with Crippen LogP contribution in [0.5, 0.6) is 5.75 Å². The van der Waals surface area contributed by atoms with Crippen LogP contribution in [0.25, 0.3) is 0 Å². The summed E-state index contributed by atoms with van der Waals surface area (Å²) in [7, 11) is 2.20. The van der Waals surface area contributed by atoms with Gasteiger partial charge in [0.2, 0.25) is 0 Å². The number of rotatable bonds is 6. The SMILES string of the molecule is CN1CCN(c2ccc(O)c3c2C(N(Cc2ccccc2)Cc2ccccc2)CCC3)CC1. The minimum atomic E-state index is 0.288. The third-order valence-electron chi connectivity index (χ3n) is 7.29. The van der Waals surface area contributed by atoms with Gasteiger partial charge in [-0.3, -0.25) is 4.90 Å². The van der Waals surface area contributed by atoms with E-state index >= 15 is 0 Å². The van der Waals surface area contributed by atoms with Gasteiger partial charge in [-0.05, 0) is 55.1 Å². The molecule has 1 aliphatic carbocycles. The normalized spacial score (nSPS) is 19.0. The summed E-state index contributed by atoms with van der Waals surface area (Å²) in [6, 6.07) is 26.0. The van der Waals surface area contributed by atoms with E-state index in [2.05, 4.69) is 88.5 Å². The van der Waals surface area contributed by atoms with Crippen molar-refractivity contribution in [3.05, 3.63) is 95.1 Å². The van der Waals surface area contributed by atoms with Gasteiger partial charge in [0.15, 0.2) is 0 Å². The van der Waals surface area contributed by atoms with E-state index in [9.17, 15) is 5.11 Å². The van der Waals surface area contributed by atoms with Crippen LogP contribution in [0.2, 0.25) is 0 Å². The molecule has 3 aromatic rings. The van der Waals surface area contributed by atoms with Gasteiger partial charge in [-0.1, -0.05) is 60.7 Å². The van der Waals surface area contributed by atoms with Crippen molar-refractivity contribution < 1.29 is 5.11 Å². The first kappa shape index (κ1) is 22.0. The molecule has 0 saturated carbocycles. The van der Waals surface area contributed by atoms with Gasteiger partial charge in [-0.15, -0.1) is 0 Å². The lowest BCUT2D eigenvalue weighted by Gasteiger charge is -2.41. The van der Waals surface area contributed by atoms with Crippen molar-refractivity contribution in [3.63, 3.8) is 0 Å². The van der Waals surface area contributed by atoms with Gasteiger partial charge >= 0.3 is 0 Å². The van der Waals surface area contributed by atoms with E-state index in [4.69, 9.17) is 0 Å². The smallest absolute Gasteiger partial charge is 0.119 e. The molecule has 33 heavy (non-hydrogen) atoms. The van der Waals surface area contributed by atoms with Crippen molar-refractivity contribution in [2.45, 2.75) is 38.4 Å². The lowest BCUT2D eigenvalue weighted by Crippen LogP contribution is -2.45. The maximum atomic E-state index is 10.9. The number of phenols is 1. The molecule has 1 unspecified atom stereocenters. The molecule has 1 N–H and O–H groups in total. The maximum absolute atomic E-state index is 10.9. The number of hydrogen-bond acceptors (Lipinski definition) is 4. The van der Waals surface area contributed by atoms with Crippen LogP contribution in [-0.4, -0.2) is 48.1 Å². The number of fused-ring (bicyclic) bond motifs is 1. The fourth-order valence-electron chi connectivity index (χ4n) is 5.49. The Morgan fingerprint density at radius 2 is 1.42 bits per heavy atom. The van der Waals surface area contributed by atoms with Crippen LogP contribution in [0.1, 0.15) is 41.1 Å². The Morgan fingerprint density at radius 1 is 0.818 bits per heavy atom. The van der Waals surface area contributed by atoms with Gasteiger partial charge in [-0.2, -0.15) is 0 Å². The van der Waals surface area contributed by atoms with Crippen molar-refractivity contribution in [1.82, 2.24) is 9.80 Å². The third-order valence-corrected chi connectivity index (χ3v) is 7.29. The summed E-state index contributed by atoms with van der Waals surface area (Å²) in [5.74, 6) is 0.465. The predicted octanol–water partition coefficient (Wildman–Crippen LogP) is 5.22. The molecule has 3 aromatic carbocycles. The van der Waals surface area contributed by atoms with Crippen LogP contribution in [0.3, 0.4) is 0 Å². The minimum Gasteiger partial charge on any atom is -0.508 e. The van der Waals surface area contributed by atoms with Crippen LogP contribution >= 0.6 is 0 Å². The van der Waals surface area contributed by atoms with E-state index in [1.807, 2.05) is 6.07 Å². The van der Waals surface area contributed by atoms with Crippen LogP contribution in [0.15, 0.2) is 72.8 Å². The first-order valence-corrected chi connectivity index (χ1v) is 12.3. The standard InChI is InChI=1S/C29H35N3O/c1-30-17-19-31(20-18-30)27-15-16-28(33)25-13-8-14-26(29(25)27)32(21-23-9-4-2-5-10-23)22-24-11-6-3-7-12-24/h2-7,9-12,15-16,26,33H,8,13-14,17-22H2,1H3. The number of nitrogens with zero attached hydrogens (tertiary/aromatic N) is 3. The minimum absolute atomic E-state index is 0.288. The fourth-order valence-corrected chi connectivity index (χ4v) is 5.49. The lowest BCUT2D eigenvalue weighted by atomic mass is 9.84. The van der Waals surface area contributed by atoms with Gasteiger partial charge in [0.25, 0.3) is 0 Å². The molecule has 2 aliphatic rings. The van der Waals surface area contributed by atoms with E-state index in [0.29, 0.717) is 5.75 Å². The Kier molecular flexibility index (Phi) is 6.65. The second-order valence-corrected chi connectivity index (χ2v) is 9.57. The highest BCUT2D eigenvalue weighted by Gasteiger charge is 2.32. The molecule has 4 heteroatoms. The molecular weight excluding hydrogens is 406 g/mol. The van der Waals surface area contributed by atoms with E-state index in [-0.39, 0.29) is 6.04 Å². The van der Waals surface area contributed by atoms with Crippen molar-refractivity contribution in [2.24, 2.45) is 0 Å². The molecule has 4 nitrogen and oxygen atoms in total. The van der Waals surface area contributed by atoms with Gasteiger partial charge < -0.3 is 14.9 Å². The highest BCUT2D eigenvalue weighted by molar-refractivity contribution is 5.63. The Morgan fingerprint density at radius 3 is 2.03 bits per heavy atom. The summed E-state index contributed by atoms with van der Waals surface area (Å²) in [6.45, 7) is 6.04. The van der Waals surface area contributed by atoms with Gasteiger partial charge in [0, 0.05) is 56.6 Å². The van der Waals surface area contributed by atoms with Crippen LogP contribution in [0.4, 0.5) is 5.69 Å². The highest BCUT2D eigenvalue weighted by Crippen LogP contribution is 2.45. The molecule has 1 saturated heterocycles. The topological polar surface area (TPSA) is 30.0 Å². The quantitative estimate of drug-likeness (QED) is 0.568. The number of hydrogen-bond donors (Lipinski definition) is 1. The summed E-state index contributed by atoms with van der Waals surface area (Å²) in [6.07, 6.45) is 3.19. The predicted molar refractivity (Wildman–Crippen MR) is 136 cm³/mol. The van der Waals surface area contributed by atoms with Crippen LogP contribution in [0, 0.1) is 0 Å². The summed E-state index contributed by atoms with van der Waals surface area (Å²) in [5.41, 5.74) is 6.52. The Balaban J connectivity index is 1.54. The number of piperazine rings is 1. The summed E-state index contributed by atoms with van der Waals surface area (Å²) in [4.78, 5) is 7.57. The maximum Gasteiger partial charge on any atom is 0.119 e.